The number of primary amides is 1. The number of guanidine groups is 1. The van der Waals surface area contributed by atoms with Gasteiger partial charge in [-0.25, -0.2) is 4.79 Å². The number of rotatable bonds is 19. The van der Waals surface area contributed by atoms with Gasteiger partial charge in [0.25, 0.3) is 0 Å². The molecule has 4 amide bonds. The van der Waals surface area contributed by atoms with E-state index in [1.54, 1.807) is 0 Å². The Hall–Kier alpha value is -3.50. The van der Waals surface area contributed by atoms with Crippen LogP contribution in [0.4, 0.5) is 0 Å². The number of nitrogens with zero attached hydrogens (tertiary/aromatic N) is 1. The number of aliphatic hydroxyl groups is 1. The molecule has 0 aliphatic rings. The normalized spacial score (nSPS) is 14.0. The Morgan fingerprint density at radius 1 is 0.778 bits per heavy atom. The lowest BCUT2D eigenvalue weighted by Gasteiger charge is -2.24. The van der Waals surface area contributed by atoms with Crippen LogP contribution in [0.2, 0.25) is 0 Å². The molecule has 0 aliphatic carbocycles. The fraction of sp³-hybridized carbons (Fsp3) is 0.700. The van der Waals surface area contributed by atoms with Crippen molar-refractivity contribution in [3.8, 4) is 0 Å². The van der Waals surface area contributed by atoms with Crippen LogP contribution in [0.3, 0.4) is 0 Å². The van der Waals surface area contributed by atoms with Gasteiger partial charge in [0, 0.05) is 13.0 Å². The molecule has 36 heavy (non-hydrogen) atoms. The number of aliphatic imine (C=N–C) groups is 1. The van der Waals surface area contributed by atoms with Gasteiger partial charge in [0.15, 0.2) is 5.96 Å². The van der Waals surface area contributed by atoms with Crippen molar-refractivity contribution in [1.82, 2.24) is 16.0 Å². The Labute approximate surface area is 208 Å². The first-order chi connectivity index (χ1) is 16.9. The molecule has 0 spiro atoms. The Morgan fingerprint density at radius 3 is 1.89 bits per heavy atom. The van der Waals surface area contributed by atoms with Crippen LogP contribution in [0, 0.1) is 0 Å². The molecule has 0 aromatic rings. The summed E-state index contributed by atoms with van der Waals surface area (Å²) in [6.07, 6.45) is 1.14. The van der Waals surface area contributed by atoms with Crippen LogP contribution in [0.1, 0.15) is 44.9 Å². The fourth-order valence-electron chi connectivity index (χ4n) is 2.97. The maximum atomic E-state index is 12.7. The monoisotopic (exact) mass is 517 g/mol. The Morgan fingerprint density at radius 2 is 1.36 bits per heavy atom. The number of amides is 4. The average molecular weight is 518 g/mol. The van der Waals surface area contributed by atoms with Crippen molar-refractivity contribution < 1.29 is 34.2 Å². The van der Waals surface area contributed by atoms with E-state index >= 15 is 0 Å². The van der Waals surface area contributed by atoms with Crippen LogP contribution in [0.5, 0.6) is 0 Å². The average Bonchev–Trinajstić information content (AvgIpc) is 2.81. The van der Waals surface area contributed by atoms with Gasteiger partial charge in [-0.1, -0.05) is 0 Å². The zero-order valence-electron chi connectivity index (χ0n) is 20.2. The highest BCUT2D eigenvalue weighted by Crippen LogP contribution is 2.05. The summed E-state index contributed by atoms with van der Waals surface area (Å²) in [7, 11) is 0. The predicted octanol–water partition coefficient (Wildman–Crippen LogP) is -4.71. The minimum absolute atomic E-state index is 0.102. The van der Waals surface area contributed by atoms with Gasteiger partial charge in [0.1, 0.15) is 18.1 Å². The molecule has 206 valence electrons. The number of carbonyl (C=O) groups is 5. The van der Waals surface area contributed by atoms with Gasteiger partial charge >= 0.3 is 5.97 Å². The minimum atomic E-state index is -1.47. The van der Waals surface area contributed by atoms with E-state index in [9.17, 15) is 34.2 Å². The van der Waals surface area contributed by atoms with Crippen LogP contribution in [-0.2, 0) is 24.0 Å². The molecular weight excluding hydrogens is 478 g/mol. The van der Waals surface area contributed by atoms with E-state index in [1.807, 2.05) is 0 Å². The molecule has 0 aromatic heterocycles. The molecule has 0 saturated carbocycles. The molecule has 0 fully saturated rings. The number of aliphatic carboxylic acids is 1. The van der Waals surface area contributed by atoms with Gasteiger partial charge in [-0.05, 0) is 45.1 Å². The summed E-state index contributed by atoms with van der Waals surface area (Å²) in [5.41, 5.74) is 26.7. The van der Waals surface area contributed by atoms with Crippen LogP contribution < -0.4 is 44.6 Å². The topological polar surface area (TPSA) is 304 Å². The number of hydrogen-bond acceptors (Lipinski definition) is 9. The lowest BCUT2D eigenvalue weighted by atomic mass is 10.1. The van der Waals surface area contributed by atoms with Crippen LogP contribution in [0.15, 0.2) is 4.99 Å². The molecule has 0 heterocycles. The highest BCUT2D eigenvalue weighted by Gasteiger charge is 2.30. The lowest BCUT2D eigenvalue weighted by molar-refractivity contribution is -0.142. The number of nitrogens with one attached hydrogen (secondary N) is 3. The Balaban J connectivity index is 5.20. The Kier molecular flexibility index (Phi) is 16.1. The van der Waals surface area contributed by atoms with Crippen LogP contribution in [-0.4, -0.2) is 89.6 Å². The lowest BCUT2D eigenvalue weighted by Crippen LogP contribution is -2.58. The van der Waals surface area contributed by atoms with Crippen molar-refractivity contribution in [3.05, 3.63) is 0 Å². The molecule has 4 unspecified atom stereocenters. The molecule has 15 N–H and O–H groups in total. The third-order valence-corrected chi connectivity index (χ3v) is 4.99. The van der Waals surface area contributed by atoms with E-state index < -0.39 is 60.4 Å². The van der Waals surface area contributed by atoms with Crippen molar-refractivity contribution in [3.63, 3.8) is 0 Å². The summed E-state index contributed by atoms with van der Waals surface area (Å²) in [5, 5.41) is 25.9. The van der Waals surface area contributed by atoms with Gasteiger partial charge in [-0.15, -0.1) is 0 Å². The molecule has 0 saturated heterocycles. The minimum Gasteiger partial charge on any atom is -0.480 e. The number of nitrogens with two attached hydrogens (primary N) is 5. The molecule has 0 aliphatic heterocycles. The number of unbranched alkanes of at least 4 members (excludes halogenated alkanes) is 1. The van der Waals surface area contributed by atoms with Crippen molar-refractivity contribution in [2.24, 2.45) is 33.7 Å². The van der Waals surface area contributed by atoms with Crippen molar-refractivity contribution >= 4 is 35.6 Å². The SMILES string of the molecule is NCCCCC(NC(=O)C(CCC(N)=O)NC(=O)C(CO)NC(=O)C(N)CCCN=C(N)N)C(=O)O. The van der Waals surface area contributed by atoms with Gasteiger partial charge < -0.3 is 54.8 Å². The summed E-state index contributed by atoms with van der Waals surface area (Å²) < 4.78 is 0. The van der Waals surface area contributed by atoms with Gasteiger partial charge in [-0.3, -0.25) is 24.2 Å². The first-order valence-corrected chi connectivity index (χ1v) is 11.5. The third-order valence-electron chi connectivity index (χ3n) is 4.99. The Bertz CT molecular complexity index is 775. The summed E-state index contributed by atoms with van der Waals surface area (Å²) in [6.45, 7) is -0.224. The number of carbonyl (C=O) groups excluding carboxylic acids is 4. The van der Waals surface area contributed by atoms with E-state index in [1.165, 1.54) is 0 Å². The molecule has 0 bridgehead atoms. The standard InChI is InChI=1S/C20H39N9O7/c21-8-2-1-5-13(19(35)36)28-17(33)12(6-7-15(23)31)27-18(34)14(10-30)29-16(32)11(22)4-3-9-26-20(24)25/h11-14,30H,1-10,21-22H2,(H2,23,31)(H,27,34)(H,28,33)(H,29,32)(H,35,36)(H4,24,25,26). The van der Waals surface area contributed by atoms with E-state index in [2.05, 4.69) is 20.9 Å². The molecule has 16 heteroatoms. The van der Waals surface area contributed by atoms with Crippen molar-refractivity contribution in [2.75, 3.05) is 19.7 Å². The first-order valence-electron chi connectivity index (χ1n) is 11.5. The van der Waals surface area contributed by atoms with E-state index in [4.69, 9.17) is 28.7 Å². The maximum Gasteiger partial charge on any atom is 0.326 e. The molecule has 4 atom stereocenters. The number of carboxylic acid groups (broad SMARTS) is 1. The number of carboxylic acids is 1. The van der Waals surface area contributed by atoms with Crippen molar-refractivity contribution in [2.45, 2.75) is 69.1 Å². The zero-order chi connectivity index (χ0) is 27.7. The highest BCUT2D eigenvalue weighted by atomic mass is 16.4. The molecule has 0 aromatic carbocycles. The zero-order valence-corrected chi connectivity index (χ0v) is 20.2. The largest absolute Gasteiger partial charge is 0.480 e. The maximum absolute atomic E-state index is 12.7. The second-order valence-corrected chi connectivity index (χ2v) is 8.05. The quantitative estimate of drug-likeness (QED) is 0.0440. The second-order valence-electron chi connectivity index (χ2n) is 8.05. The van der Waals surface area contributed by atoms with Gasteiger partial charge in [-0.2, -0.15) is 0 Å². The van der Waals surface area contributed by atoms with Crippen molar-refractivity contribution in [1.29, 1.82) is 0 Å². The molecular formula is C20H39N9O7. The number of aliphatic hydroxyl groups excluding tert-OH is 1. The molecule has 0 rings (SSSR count). The van der Waals surface area contributed by atoms with E-state index in [0.29, 0.717) is 25.8 Å². The van der Waals surface area contributed by atoms with Gasteiger partial charge in [0.05, 0.1) is 12.6 Å². The molecule has 16 nitrogen and oxygen atoms in total. The first kappa shape index (κ1) is 32.5. The third kappa shape index (κ3) is 14.0. The fourth-order valence-corrected chi connectivity index (χ4v) is 2.97. The van der Waals surface area contributed by atoms with E-state index in [-0.39, 0.29) is 38.2 Å². The summed E-state index contributed by atoms with van der Waals surface area (Å²) in [5.74, 6) is -4.70. The summed E-state index contributed by atoms with van der Waals surface area (Å²) in [4.78, 5) is 64.1. The van der Waals surface area contributed by atoms with Crippen LogP contribution in [0.25, 0.3) is 0 Å². The number of hydrogen-bond donors (Lipinski definition) is 10. The van der Waals surface area contributed by atoms with Gasteiger partial charge in [0.2, 0.25) is 23.6 Å². The van der Waals surface area contributed by atoms with E-state index in [0.717, 1.165) is 0 Å². The summed E-state index contributed by atoms with van der Waals surface area (Å²) in [6, 6.07) is -5.10. The predicted molar refractivity (Wildman–Crippen MR) is 130 cm³/mol. The summed E-state index contributed by atoms with van der Waals surface area (Å²) >= 11 is 0. The smallest absolute Gasteiger partial charge is 0.326 e. The second kappa shape index (κ2) is 17.9. The highest BCUT2D eigenvalue weighted by molar-refractivity contribution is 5.94. The van der Waals surface area contributed by atoms with Crippen LogP contribution >= 0.6 is 0 Å². The molecule has 0 radical (unpaired) electrons.